The smallest absolute Gasteiger partial charge is 0.305 e. The van der Waals surface area contributed by atoms with Crippen LogP contribution in [0.5, 0.6) is 0 Å². The van der Waals surface area contributed by atoms with E-state index >= 15 is 0 Å². The Hall–Kier alpha value is -0.346. The third kappa shape index (κ3) is 16.0. The van der Waals surface area contributed by atoms with E-state index < -0.39 is 16.6 Å². The largest absolute Gasteiger partial charge is 0.469 e. The molecule has 0 aliphatic heterocycles. The van der Waals surface area contributed by atoms with Crippen molar-refractivity contribution in [3.63, 3.8) is 0 Å². The van der Waals surface area contributed by atoms with Crippen LogP contribution >= 0.6 is 11.8 Å². The van der Waals surface area contributed by atoms with Crippen molar-refractivity contribution in [3.05, 3.63) is 22.6 Å². The molecule has 0 heterocycles. The Morgan fingerprint density at radius 1 is 0.936 bits per heavy atom. The van der Waals surface area contributed by atoms with Gasteiger partial charge >= 0.3 is 5.97 Å². The van der Waals surface area contributed by atoms with E-state index in [4.69, 9.17) is 13.6 Å². The van der Waals surface area contributed by atoms with E-state index in [1.165, 1.54) is 32.8 Å². The second kappa shape index (κ2) is 19.3. The van der Waals surface area contributed by atoms with E-state index in [1.807, 2.05) is 0 Å². The number of methoxy groups -OCH3 is 1. The fourth-order valence-corrected chi connectivity index (χ4v) is 9.58. The first-order valence-corrected chi connectivity index (χ1v) is 25.7. The van der Waals surface area contributed by atoms with Crippen molar-refractivity contribution in [2.24, 2.45) is 17.3 Å². The molecule has 0 aromatic carbocycles. The Balaban J connectivity index is 3.52. The van der Waals surface area contributed by atoms with Crippen LogP contribution in [0.15, 0.2) is 22.6 Å². The summed E-state index contributed by atoms with van der Waals surface area (Å²) in [4.78, 5) is 13.2. The quantitative estimate of drug-likeness (QED) is 0.0545. The summed E-state index contributed by atoms with van der Waals surface area (Å²) in [5.74, 6) is 1.87. The number of esters is 1. The third-order valence-corrected chi connectivity index (χ3v) is 21.3. The summed E-state index contributed by atoms with van der Waals surface area (Å²) in [6.07, 6.45) is 17.0. The molecule has 0 amide bonds. The lowest BCUT2D eigenvalue weighted by molar-refractivity contribution is -0.140. The normalized spacial score (nSPS) is 19.9. The minimum Gasteiger partial charge on any atom is -0.469 e. The van der Waals surface area contributed by atoms with E-state index in [0.29, 0.717) is 12.3 Å². The molecular weight excluding hydrogens is 633 g/mol. The summed E-state index contributed by atoms with van der Waals surface area (Å²) < 4.78 is 19.3. The zero-order valence-electron chi connectivity index (χ0n) is 34.0. The molecule has 0 spiro atoms. The van der Waals surface area contributed by atoms with Gasteiger partial charge in [0.25, 0.3) is 0 Å². The van der Waals surface area contributed by atoms with Gasteiger partial charge in [0.1, 0.15) is 0 Å². The molecular formula is C40H78O4SSi2. The Morgan fingerprint density at radius 3 is 2.09 bits per heavy atom. The summed E-state index contributed by atoms with van der Waals surface area (Å²) in [7, 11) is -2.47. The number of unbranched alkanes of at least 4 members (excludes halogenated alkanes) is 3. The van der Waals surface area contributed by atoms with E-state index in [9.17, 15) is 4.79 Å². The fraction of sp³-hybridized carbons (Fsp3) is 0.875. The highest BCUT2D eigenvalue weighted by Crippen LogP contribution is 2.48. The van der Waals surface area contributed by atoms with Crippen molar-refractivity contribution >= 4 is 34.4 Å². The molecule has 47 heavy (non-hydrogen) atoms. The summed E-state index contributed by atoms with van der Waals surface area (Å²) in [5.41, 5.74) is 1.90. The van der Waals surface area contributed by atoms with Gasteiger partial charge in [-0.1, -0.05) is 120 Å². The van der Waals surface area contributed by atoms with Gasteiger partial charge in [-0.15, -0.1) is 11.8 Å². The predicted molar refractivity (Wildman–Crippen MR) is 213 cm³/mol. The molecule has 0 aromatic rings. The van der Waals surface area contributed by atoms with Crippen molar-refractivity contribution in [2.75, 3.05) is 12.9 Å². The van der Waals surface area contributed by atoms with Gasteiger partial charge in [0.05, 0.1) is 19.3 Å². The summed E-state index contributed by atoms with van der Waals surface area (Å²) in [6.45, 7) is 35.5. The molecule has 1 rings (SSSR count). The number of carbonyl (C=O) groups excluding carboxylic acids is 1. The molecule has 0 unspecified atom stereocenters. The summed E-state index contributed by atoms with van der Waals surface area (Å²) >= 11 is 2.06. The van der Waals surface area contributed by atoms with Crippen LogP contribution < -0.4 is 0 Å². The average Bonchev–Trinajstić information content (AvgIpc) is 3.24. The number of rotatable bonds is 20. The lowest BCUT2D eigenvalue weighted by Crippen LogP contribution is -2.45. The molecule has 0 saturated heterocycles. The maximum atomic E-state index is 11.6. The van der Waals surface area contributed by atoms with Gasteiger partial charge in [0.2, 0.25) is 0 Å². The van der Waals surface area contributed by atoms with Gasteiger partial charge < -0.3 is 13.6 Å². The standard InChI is InChI=1S/C40H78O4SSi2/c1-17-18-22-31(2)29-33(43-46(13,14)39(6,7)8)24-25-34-35(44-47(15,16)40(9,10)11)30-32(26-27-38(3,4)5)37(34)45-28-21-19-20-23-36(41)42-12/h24-25,31,33-35H,17-23,26-30H2,1-16H3/b25-24+/t31-,33-,34+,35-/m1/s1. The molecule has 4 nitrogen and oxygen atoms in total. The van der Waals surface area contributed by atoms with Crippen molar-refractivity contribution < 1.29 is 18.4 Å². The molecule has 0 fully saturated rings. The first-order chi connectivity index (χ1) is 21.4. The highest BCUT2D eigenvalue weighted by atomic mass is 32.2. The van der Waals surface area contributed by atoms with Crippen molar-refractivity contribution in [3.8, 4) is 0 Å². The van der Waals surface area contributed by atoms with E-state index in [1.54, 1.807) is 10.5 Å². The average molecular weight is 711 g/mol. The molecule has 0 aromatic heterocycles. The molecule has 0 saturated carbocycles. The number of ether oxygens (including phenoxy) is 1. The molecule has 1 aliphatic rings. The Labute approximate surface area is 299 Å². The maximum Gasteiger partial charge on any atom is 0.305 e. The molecule has 0 bridgehead atoms. The minimum atomic E-state index is -1.99. The first kappa shape index (κ1) is 44.7. The summed E-state index contributed by atoms with van der Waals surface area (Å²) in [5, 5.41) is 0.326. The first-order valence-electron chi connectivity index (χ1n) is 18.9. The van der Waals surface area contributed by atoms with Crippen molar-refractivity contribution in [2.45, 2.75) is 195 Å². The molecule has 7 heteroatoms. The third-order valence-electron chi connectivity index (χ3n) is 10.9. The molecule has 276 valence electrons. The Bertz CT molecular complexity index is 997. The number of hydrogen-bond donors (Lipinski definition) is 0. The van der Waals surface area contributed by atoms with Gasteiger partial charge in [0.15, 0.2) is 16.6 Å². The molecule has 0 N–H and O–H groups in total. The topological polar surface area (TPSA) is 44.8 Å². The van der Waals surface area contributed by atoms with Gasteiger partial charge in [-0.05, 0) is 96.8 Å². The lowest BCUT2D eigenvalue weighted by Gasteiger charge is -2.40. The van der Waals surface area contributed by atoms with Crippen LogP contribution in [0.25, 0.3) is 0 Å². The maximum absolute atomic E-state index is 11.6. The van der Waals surface area contributed by atoms with Gasteiger partial charge in [-0.2, -0.15) is 0 Å². The van der Waals surface area contributed by atoms with Crippen LogP contribution in [-0.4, -0.2) is 47.7 Å². The number of thioether (sulfide) groups is 1. The van der Waals surface area contributed by atoms with E-state index in [-0.39, 0.29) is 39.6 Å². The van der Waals surface area contributed by atoms with Crippen LogP contribution in [-0.2, 0) is 18.4 Å². The monoisotopic (exact) mass is 711 g/mol. The lowest BCUT2D eigenvalue weighted by atomic mass is 9.88. The van der Waals surface area contributed by atoms with Gasteiger partial charge in [-0.3, -0.25) is 4.79 Å². The summed E-state index contributed by atoms with van der Waals surface area (Å²) in [6, 6.07) is 0. The SMILES string of the molecule is CCCC[C@@H](C)C[C@@H](/C=C/[C@@H]1C(SCCCCCC(=O)OC)=C(CCC(C)(C)C)C[C@H]1O[Si](C)(C)C(C)(C)C)O[Si](C)(C)C(C)(C)C. The molecule has 1 aliphatic carbocycles. The number of carbonyl (C=O) groups is 1. The van der Waals surface area contributed by atoms with Crippen LogP contribution in [0, 0.1) is 17.3 Å². The Morgan fingerprint density at radius 2 is 1.55 bits per heavy atom. The second-order valence-electron chi connectivity index (χ2n) is 18.7. The van der Waals surface area contributed by atoms with Crippen LogP contribution in [0.1, 0.15) is 147 Å². The van der Waals surface area contributed by atoms with Crippen LogP contribution in [0.4, 0.5) is 0 Å². The second-order valence-corrected chi connectivity index (χ2v) is 29.3. The highest BCUT2D eigenvalue weighted by molar-refractivity contribution is 8.03. The molecule has 4 atom stereocenters. The minimum absolute atomic E-state index is 0.102. The van der Waals surface area contributed by atoms with Gasteiger partial charge in [0, 0.05) is 12.3 Å². The van der Waals surface area contributed by atoms with Crippen molar-refractivity contribution in [1.29, 1.82) is 0 Å². The highest BCUT2D eigenvalue weighted by Gasteiger charge is 2.44. The number of hydrogen-bond acceptors (Lipinski definition) is 5. The zero-order valence-corrected chi connectivity index (χ0v) is 36.8. The predicted octanol–water partition coefficient (Wildman–Crippen LogP) is 13.1. The molecule has 0 radical (unpaired) electrons. The zero-order chi connectivity index (χ0) is 36.3. The van der Waals surface area contributed by atoms with Crippen molar-refractivity contribution in [1.82, 2.24) is 0 Å². The van der Waals surface area contributed by atoms with Gasteiger partial charge in [-0.25, -0.2) is 0 Å². The van der Waals surface area contributed by atoms with E-state index in [2.05, 4.69) is 126 Å². The van der Waals surface area contributed by atoms with Crippen LogP contribution in [0.3, 0.4) is 0 Å². The Kier molecular flexibility index (Phi) is 18.4. The van der Waals surface area contributed by atoms with Crippen LogP contribution in [0.2, 0.25) is 36.3 Å². The van der Waals surface area contributed by atoms with E-state index in [0.717, 1.165) is 44.3 Å². The fourth-order valence-electron chi connectivity index (χ4n) is 5.57.